The molecule has 0 aliphatic carbocycles. The molecule has 4 N–H and O–H groups in total. The Balaban J connectivity index is 2.09. The molecular formula is C12H16BrFN2O2. The first-order valence-corrected chi connectivity index (χ1v) is 6.54. The van der Waals surface area contributed by atoms with Crippen LogP contribution < -0.4 is 11.1 Å². The number of rotatable bonds is 3. The third-order valence-electron chi connectivity index (χ3n) is 3.34. The highest BCUT2D eigenvalue weighted by molar-refractivity contribution is 9.10. The molecule has 0 saturated carbocycles. The number of aliphatic hydroxyl groups is 1. The highest BCUT2D eigenvalue weighted by Gasteiger charge is 2.39. The van der Waals surface area contributed by atoms with Gasteiger partial charge in [-0.25, -0.2) is 4.39 Å². The van der Waals surface area contributed by atoms with Gasteiger partial charge >= 0.3 is 0 Å². The number of hydrogen-bond donors (Lipinski definition) is 3. The van der Waals surface area contributed by atoms with Gasteiger partial charge in [0.1, 0.15) is 11.4 Å². The van der Waals surface area contributed by atoms with Crippen molar-refractivity contribution in [1.82, 2.24) is 0 Å². The number of hydrogen-bond acceptors (Lipinski definition) is 4. The number of nitrogens with one attached hydrogen (secondary N) is 1. The van der Waals surface area contributed by atoms with Crippen LogP contribution in [0.2, 0.25) is 0 Å². The summed E-state index contributed by atoms with van der Waals surface area (Å²) in [6.45, 7) is 2.63. The molecule has 1 aliphatic heterocycles. The molecule has 0 radical (unpaired) electrons. The maximum absolute atomic E-state index is 13.4. The Morgan fingerprint density at radius 3 is 3.00 bits per heavy atom. The minimum atomic E-state index is -0.935. The number of anilines is 2. The van der Waals surface area contributed by atoms with Crippen molar-refractivity contribution in [3.8, 4) is 0 Å². The first-order chi connectivity index (χ1) is 8.42. The van der Waals surface area contributed by atoms with E-state index in [0.717, 1.165) is 0 Å². The molecule has 1 aromatic carbocycles. The first kappa shape index (κ1) is 13.6. The van der Waals surface area contributed by atoms with E-state index in [0.29, 0.717) is 28.9 Å². The predicted molar refractivity (Wildman–Crippen MR) is 72.0 cm³/mol. The summed E-state index contributed by atoms with van der Waals surface area (Å²) in [5.74, 6) is -0.394. The van der Waals surface area contributed by atoms with Crippen LogP contribution in [0.25, 0.3) is 0 Å². The Labute approximate surface area is 113 Å². The molecule has 18 heavy (non-hydrogen) atoms. The van der Waals surface area contributed by atoms with E-state index >= 15 is 0 Å². The number of nitrogen functional groups attached to an aromatic ring is 1. The van der Waals surface area contributed by atoms with E-state index in [9.17, 15) is 9.50 Å². The van der Waals surface area contributed by atoms with Crippen LogP contribution in [0, 0.1) is 5.82 Å². The topological polar surface area (TPSA) is 67.5 Å². The number of benzene rings is 1. The molecule has 2 rings (SSSR count). The summed E-state index contributed by atoms with van der Waals surface area (Å²) in [5, 5.41) is 13.3. The van der Waals surface area contributed by atoms with Gasteiger partial charge in [0, 0.05) is 25.6 Å². The Bertz CT molecular complexity index is 458. The third kappa shape index (κ3) is 2.60. The largest absolute Gasteiger partial charge is 0.397 e. The van der Waals surface area contributed by atoms with Crippen molar-refractivity contribution >= 4 is 27.3 Å². The Hall–Kier alpha value is -0.850. The summed E-state index contributed by atoms with van der Waals surface area (Å²) < 4.78 is 19.1. The second-order valence-corrected chi connectivity index (χ2v) is 5.43. The van der Waals surface area contributed by atoms with E-state index in [1.807, 2.05) is 6.92 Å². The normalized spacial score (nSPS) is 27.4. The highest BCUT2D eigenvalue weighted by atomic mass is 79.9. The van der Waals surface area contributed by atoms with E-state index in [1.165, 1.54) is 12.1 Å². The van der Waals surface area contributed by atoms with E-state index in [2.05, 4.69) is 21.2 Å². The molecular weight excluding hydrogens is 303 g/mol. The average Bonchev–Trinajstić information content (AvgIpc) is 2.63. The lowest BCUT2D eigenvalue weighted by atomic mass is 9.96. The van der Waals surface area contributed by atoms with Crippen LogP contribution in [0.15, 0.2) is 16.6 Å². The van der Waals surface area contributed by atoms with E-state index in [-0.39, 0.29) is 12.6 Å². The Kier molecular flexibility index (Phi) is 3.79. The molecule has 2 atom stereocenters. The van der Waals surface area contributed by atoms with Crippen LogP contribution in [0.1, 0.15) is 13.3 Å². The third-order valence-corrected chi connectivity index (χ3v) is 3.94. The van der Waals surface area contributed by atoms with Crippen molar-refractivity contribution in [3.05, 3.63) is 22.4 Å². The lowest BCUT2D eigenvalue weighted by Crippen LogP contribution is -2.43. The van der Waals surface area contributed by atoms with Crippen molar-refractivity contribution in [3.63, 3.8) is 0 Å². The van der Waals surface area contributed by atoms with Crippen LogP contribution in [-0.4, -0.2) is 30.0 Å². The molecule has 0 bridgehead atoms. The summed E-state index contributed by atoms with van der Waals surface area (Å²) >= 11 is 3.07. The molecule has 100 valence electrons. The first-order valence-electron chi connectivity index (χ1n) is 5.75. The average molecular weight is 319 g/mol. The monoisotopic (exact) mass is 318 g/mol. The smallest absolute Gasteiger partial charge is 0.139 e. The summed E-state index contributed by atoms with van der Waals surface area (Å²) in [5.41, 5.74) is 5.75. The summed E-state index contributed by atoms with van der Waals surface area (Å²) in [6, 6.07) is 2.81. The van der Waals surface area contributed by atoms with E-state index in [4.69, 9.17) is 10.5 Å². The zero-order valence-electron chi connectivity index (χ0n) is 10.0. The predicted octanol–water partition coefficient (Wildman–Crippen LogP) is 2.12. The molecule has 4 nitrogen and oxygen atoms in total. The standard InChI is InChI=1S/C12H16BrFN2O2/c1-7-12(17,2-3-18-7)6-16-11-5-9(14)8(13)4-10(11)15/h4-5,7,16-17H,2-3,6,15H2,1H3. The SMILES string of the molecule is CC1OCCC1(O)CNc1cc(F)c(Br)cc1N. The van der Waals surface area contributed by atoms with Gasteiger partial charge in [-0.15, -0.1) is 0 Å². The maximum atomic E-state index is 13.4. The van der Waals surface area contributed by atoms with Gasteiger partial charge in [-0.2, -0.15) is 0 Å². The van der Waals surface area contributed by atoms with Gasteiger partial charge in [0.05, 0.1) is 22.0 Å². The molecule has 2 unspecified atom stereocenters. The fourth-order valence-electron chi connectivity index (χ4n) is 1.97. The van der Waals surface area contributed by atoms with Gasteiger partial charge in [-0.1, -0.05) is 0 Å². The van der Waals surface area contributed by atoms with Gasteiger partial charge in [0.25, 0.3) is 0 Å². The van der Waals surface area contributed by atoms with E-state index in [1.54, 1.807) is 0 Å². The van der Waals surface area contributed by atoms with Crippen molar-refractivity contribution in [2.45, 2.75) is 25.0 Å². The molecule has 1 heterocycles. The van der Waals surface area contributed by atoms with Crippen molar-refractivity contribution in [1.29, 1.82) is 0 Å². The minimum Gasteiger partial charge on any atom is -0.397 e. The second-order valence-electron chi connectivity index (χ2n) is 4.57. The summed E-state index contributed by atoms with van der Waals surface area (Å²) in [7, 11) is 0. The van der Waals surface area contributed by atoms with Crippen molar-refractivity contribution < 1.29 is 14.2 Å². The molecule has 0 aromatic heterocycles. The maximum Gasteiger partial charge on any atom is 0.139 e. The van der Waals surface area contributed by atoms with Gasteiger partial charge in [-0.05, 0) is 28.9 Å². The molecule has 1 saturated heterocycles. The van der Waals surface area contributed by atoms with Crippen LogP contribution >= 0.6 is 15.9 Å². The lowest BCUT2D eigenvalue weighted by Gasteiger charge is -2.27. The van der Waals surface area contributed by atoms with Gasteiger partial charge in [0.2, 0.25) is 0 Å². The highest BCUT2D eigenvalue weighted by Crippen LogP contribution is 2.29. The molecule has 6 heteroatoms. The number of halogens is 2. The quantitative estimate of drug-likeness (QED) is 0.747. The zero-order chi connectivity index (χ0) is 13.3. The fourth-order valence-corrected chi connectivity index (χ4v) is 2.33. The van der Waals surface area contributed by atoms with E-state index < -0.39 is 11.4 Å². The van der Waals surface area contributed by atoms with Crippen LogP contribution in [0.4, 0.5) is 15.8 Å². The zero-order valence-corrected chi connectivity index (χ0v) is 11.6. The Morgan fingerprint density at radius 2 is 2.39 bits per heavy atom. The molecule has 1 aliphatic rings. The lowest BCUT2D eigenvalue weighted by molar-refractivity contribution is -0.0175. The van der Waals surface area contributed by atoms with Gasteiger partial charge in [-0.3, -0.25) is 0 Å². The van der Waals surface area contributed by atoms with Crippen LogP contribution in [0.5, 0.6) is 0 Å². The van der Waals surface area contributed by atoms with Gasteiger partial charge in [0.15, 0.2) is 0 Å². The minimum absolute atomic E-state index is 0.244. The fraction of sp³-hybridized carbons (Fsp3) is 0.500. The Morgan fingerprint density at radius 1 is 1.67 bits per heavy atom. The molecule has 1 fully saturated rings. The van der Waals surface area contributed by atoms with Crippen LogP contribution in [0.3, 0.4) is 0 Å². The summed E-state index contributed by atoms with van der Waals surface area (Å²) in [6.07, 6.45) is 0.312. The van der Waals surface area contributed by atoms with Crippen molar-refractivity contribution in [2.75, 3.05) is 24.2 Å². The van der Waals surface area contributed by atoms with Crippen LogP contribution in [-0.2, 0) is 4.74 Å². The molecule has 0 amide bonds. The number of nitrogens with two attached hydrogens (primary N) is 1. The molecule has 1 aromatic rings. The second kappa shape index (κ2) is 5.03. The summed E-state index contributed by atoms with van der Waals surface area (Å²) in [4.78, 5) is 0. The van der Waals surface area contributed by atoms with Gasteiger partial charge < -0.3 is 20.9 Å². The van der Waals surface area contributed by atoms with Crippen molar-refractivity contribution in [2.24, 2.45) is 0 Å². The number of ether oxygens (including phenoxy) is 1. The molecule has 0 spiro atoms.